The highest BCUT2D eigenvalue weighted by Gasteiger charge is 2.23. The zero-order valence-electron chi connectivity index (χ0n) is 19.9. The van der Waals surface area contributed by atoms with Gasteiger partial charge in [0.05, 0.1) is 32.4 Å². The van der Waals surface area contributed by atoms with E-state index in [4.69, 9.17) is 9.47 Å². The molecule has 0 spiro atoms. The van der Waals surface area contributed by atoms with Gasteiger partial charge in [0.15, 0.2) is 0 Å². The van der Waals surface area contributed by atoms with E-state index < -0.39 is 5.97 Å². The maximum absolute atomic E-state index is 13.0. The van der Waals surface area contributed by atoms with Crippen molar-refractivity contribution in [1.29, 1.82) is 0 Å². The molecule has 0 aliphatic carbocycles. The summed E-state index contributed by atoms with van der Waals surface area (Å²) in [6, 6.07) is 15.0. The van der Waals surface area contributed by atoms with E-state index in [1.165, 1.54) is 18.4 Å². The Bertz CT molecular complexity index is 1240. The van der Waals surface area contributed by atoms with Crippen molar-refractivity contribution in [2.24, 2.45) is 0 Å². The number of esters is 1. The number of nitrogens with one attached hydrogen (secondary N) is 1. The Labute approximate surface area is 208 Å². The minimum atomic E-state index is -0.493. The Balaban J connectivity index is 1.51. The lowest BCUT2D eigenvalue weighted by Crippen LogP contribution is -2.36. The average molecular weight is 494 g/mol. The summed E-state index contributed by atoms with van der Waals surface area (Å²) in [5, 5.41) is 4.54. The summed E-state index contributed by atoms with van der Waals surface area (Å²) in [7, 11) is 1.31. The Kier molecular flexibility index (Phi) is 7.36. The first-order valence-corrected chi connectivity index (χ1v) is 12.0. The quantitative estimate of drug-likeness (QED) is 0.515. The normalized spacial score (nSPS) is 12.7. The van der Waals surface area contributed by atoms with Gasteiger partial charge >= 0.3 is 12.0 Å². The summed E-state index contributed by atoms with van der Waals surface area (Å²) in [6.07, 6.45) is 0. The molecule has 35 heavy (non-hydrogen) atoms. The van der Waals surface area contributed by atoms with Crippen LogP contribution in [0.4, 0.5) is 16.2 Å². The largest absolute Gasteiger partial charge is 0.491 e. The molecule has 9 heteroatoms. The van der Waals surface area contributed by atoms with Gasteiger partial charge in [-0.25, -0.2) is 9.59 Å². The van der Waals surface area contributed by atoms with E-state index in [-0.39, 0.29) is 11.9 Å². The van der Waals surface area contributed by atoms with Crippen LogP contribution in [0.15, 0.2) is 53.9 Å². The van der Waals surface area contributed by atoms with Crippen LogP contribution in [0.25, 0.3) is 0 Å². The number of benzene rings is 2. The number of aryl methyl sites for hydroxylation is 1. The second-order valence-electron chi connectivity index (χ2n) is 8.24. The smallest absolute Gasteiger partial charge is 0.350 e. The van der Waals surface area contributed by atoms with Gasteiger partial charge in [0.25, 0.3) is 0 Å². The molecule has 1 N–H and O–H groups in total. The van der Waals surface area contributed by atoms with Crippen molar-refractivity contribution in [2.45, 2.75) is 26.9 Å². The van der Waals surface area contributed by atoms with Crippen LogP contribution in [-0.2, 0) is 22.6 Å². The van der Waals surface area contributed by atoms with Crippen LogP contribution in [0.5, 0.6) is 5.75 Å². The predicted octanol–water partition coefficient (Wildman–Crippen LogP) is 4.82. The zero-order chi connectivity index (χ0) is 24.9. The fraction of sp³-hybridized carbons (Fsp3) is 0.269. The molecule has 3 amide bonds. The molecule has 2 aromatic carbocycles. The molecule has 1 aliphatic rings. The predicted molar refractivity (Wildman–Crippen MR) is 135 cm³/mol. The number of hydrogen-bond acceptors (Lipinski definition) is 6. The molecule has 0 atom stereocenters. The second-order valence-corrected chi connectivity index (χ2v) is 9.15. The van der Waals surface area contributed by atoms with Crippen LogP contribution in [0, 0.1) is 6.92 Å². The number of methoxy groups -OCH3 is 1. The maximum atomic E-state index is 13.0. The molecule has 4 rings (SSSR count). The van der Waals surface area contributed by atoms with Crippen LogP contribution < -0.4 is 15.0 Å². The summed E-state index contributed by atoms with van der Waals surface area (Å²) >= 11 is 1.21. The van der Waals surface area contributed by atoms with Crippen LogP contribution in [-0.4, -0.2) is 43.1 Å². The van der Waals surface area contributed by atoms with Crippen molar-refractivity contribution in [3.8, 4) is 5.75 Å². The third-order valence-electron chi connectivity index (χ3n) is 5.74. The molecular formula is C26H27N3O5S. The van der Waals surface area contributed by atoms with Crippen molar-refractivity contribution in [3.63, 3.8) is 0 Å². The van der Waals surface area contributed by atoms with Gasteiger partial charge in [0, 0.05) is 18.2 Å². The Morgan fingerprint density at radius 1 is 1.14 bits per heavy atom. The Hall–Kier alpha value is -3.85. The van der Waals surface area contributed by atoms with Gasteiger partial charge in [0.2, 0.25) is 5.91 Å². The van der Waals surface area contributed by atoms with Crippen LogP contribution in [0.2, 0.25) is 0 Å². The van der Waals surface area contributed by atoms with Gasteiger partial charge in [-0.15, -0.1) is 11.3 Å². The van der Waals surface area contributed by atoms with E-state index in [0.29, 0.717) is 42.6 Å². The lowest BCUT2D eigenvalue weighted by molar-refractivity contribution is -0.116. The molecule has 0 unspecified atom stereocenters. The van der Waals surface area contributed by atoms with Crippen molar-refractivity contribution in [3.05, 3.63) is 75.5 Å². The van der Waals surface area contributed by atoms with Crippen molar-refractivity contribution < 1.29 is 23.9 Å². The van der Waals surface area contributed by atoms with E-state index in [1.54, 1.807) is 28.2 Å². The van der Waals surface area contributed by atoms with Gasteiger partial charge in [-0.05, 0) is 48.2 Å². The number of carbonyl (C=O) groups is 3. The molecular weight excluding hydrogens is 466 g/mol. The third kappa shape index (κ3) is 5.63. The highest BCUT2D eigenvalue weighted by atomic mass is 32.1. The van der Waals surface area contributed by atoms with Gasteiger partial charge in [-0.1, -0.05) is 23.8 Å². The van der Waals surface area contributed by atoms with Crippen LogP contribution >= 0.6 is 11.3 Å². The van der Waals surface area contributed by atoms with Crippen LogP contribution in [0.3, 0.4) is 0 Å². The fourth-order valence-corrected chi connectivity index (χ4v) is 4.63. The first-order valence-electron chi connectivity index (χ1n) is 11.2. The molecule has 0 saturated carbocycles. The van der Waals surface area contributed by atoms with Crippen molar-refractivity contribution >= 4 is 40.6 Å². The number of hydrogen-bond donors (Lipinski definition) is 1. The van der Waals surface area contributed by atoms with Crippen molar-refractivity contribution in [2.75, 3.05) is 30.5 Å². The van der Waals surface area contributed by atoms with Crippen molar-refractivity contribution in [1.82, 2.24) is 4.90 Å². The summed E-state index contributed by atoms with van der Waals surface area (Å²) in [6.45, 7) is 5.01. The van der Waals surface area contributed by atoms with E-state index in [0.717, 1.165) is 22.4 Å². The molecule has 8 nitrogen and oxygen atoms in total. The number of thiophene rings is 1. The highest BCUT2D eigenvalue weighted by molar-refractivity contribution is 7.12. The second kappa shape index (κ2) is 10.6. The monoisotopic (exact) mass is 493 g/mol. The molecule has 1 aromatic heterocycles. The first-order chi connectivity index (χ1) is 16.9. The molecule has 0 fully saturated rings. The van der Waals surface area contributed by atoms with E-state index >= 15 is 0 Å². The first kappa shape index (κ1) is 24.3. The number of carbonyl (C=O) groups excluding carboxylic acids is 3. The van der Waals surface area contributed by atoms with Gasteiger partial charge in [-0.2, -0.15) is 0 Å². The molecule has 0 radical (unpaired) electrons. The highest BCUT2D eigenvalue weighted by Crippen LogP contribution is 2.28. The average Bonchev–Trinajstić information content (AvgIpc) is 3.19. The minimum Gasteiger partial charge on any atom is -0.491 e. The summed E-state index contributed by atoms with van der Waals surface area (Å²) in [5.74, 6) is 0.158. The third-order valence-corrected chi connectivity index (χ3v) is 6.63. The van der Waals surface area contributed by atoms with E-state index in [1.807, 2.05) is 49.4 Å². The van der Waals surface area contributed by atoms with E-state index in [9.17, 15) is 14.4 Å². The van der Waals surface area contributed by atoms with Gasteiger partial charge in [0.1, 0.15) is 17.2 Å². The number of anilines is 2. The molecule has 0 bridgehead atoms. The zero-order valence-corrected chi connectivity index (χ0v) is 20.7. The maximum Gasteiger partial charge on any atom is 0.350 e. The summed E-state index contributed by atoms with van der Waals surface area (Å²) < 4.78 is 10.7. The van der Waals surface area contributed by atoms with Gasteiger partial charge < -0.3 is 24.6 Å². The summed E-state index contributed by atoms with van der Waals surface area (Å²) in [4.78, 5) is 41.0. The fourth-order valence-electron chi connectivity index (χ4n) is 3.86. The number of amides is 3. The molecule has 2 heterocycles. The molecule has 182 valence electrons. The lowest BCUT2D eigenvalue weighted by atomic mass is 10.1. The molecule has 3 aromatic rings. The van der Waals surface area contributed by atoms with E-state index in [2.05, 4.69) is 5.32 Å². The minimum absolute atomic E-state index is 0.0572. The SMILES string of the molecule is COC(=O)c1sccc1NC(=O)N1CCOc2ccc(CN(C(C)=O)c3ccc(C)cc3)cc2C1. The Morgan fingerprint density at radius 3 is 2.63 bits per heavy atom. The number of rotatable bonds is 5. The molecule has 1 aliphatic heterocycles. The standard InChI is InChI=1S/C26H27N3O5S/c1-17-4-7-21(8-5-17)29(18(2)30)15-19-6-9-23-20(14-19)16-28(11-12-34-23)26(32)27-22-10-13-35-24(22)25(31)33-3/h4-10,13-14H,11-12,15-16H2,1-3H3,(H,27,32). The Morgan fingerprint density at radius 2 is 1.91 bits per heavy atom. The molecule has 0 saturated heterocycles. The van der Waals surface area contributed by atoms with Crippen LogP contribution in [0.1, 0.15) is 33.3 Å². The number of urea groups is 1. The topological polar surface area (TPSA) is 88.2 Å². The number of fused-ring (bicyclic) bond motifs is 1. The van der Waals surface area contributed by atoms with Gasteiger partial charge in [-0.3, -0.25) is 4.79 Å². The summed E-state index contributed by atoms with van der Waals surface area (Å²) in [5.41, 5.74) is 4.14. The lowest BCUT2D eigenvalue weighted by Gasteiger charge is -2.23. The number of ether oxygens (including phenoxy) is 2. The number of nitrogens with zero attached hydrogens (tertiary/aromatic N) is 2.